The van der Waals surface area contributed by atoms with Crippen LogP contribution in [-0.4, -0.2) is 47.2 Å². The van der Waals surface area contributed by atoms with Crippen LogP contribution in [0.1, 0.15) is 31.2 Å². The molecule has 27 heavy (non-hydrogen) atoms. The van der Waals surface area contributed by atoms with Gasteiger partial charge in [0.05, 0.1) is 6.20 Å². The third-order valence-electron chi connectivity index (χ3n) is 5.51. The van der Waals surface area contributed by atoms with E-state index in [0.29, 0.717) is 18.4 Å². The number of aromatic nitrogens is 2. The van der Waals surface area contributed by atoms with Crippen LogP contribution in [0, 0.1) is 0 Å². The summed E-state index contributed by atoms with van der Waals surface area (Å²) in [7, 11) is 1.92. The monoisotopic (exact) mass is 367 g/mol. The molecule has 1 aliphatic carbocycles. The summed E-state index contributed by atoms with van der Waals surface area (Å²) in [6, 6.07) is 8.22. The van der Waals surface area contributed by atoms with E-state index in [9.17, 15) is 4.79 Å². The third kappa shape index (κ3) is 3.35. The fraction of sp³-hybridized carbons (Fsp3) is 0.450. The Morgan fingerprint density at radius 1 is 1.26 bits per heavy atom. The zero-order valence-electron chi connectivity index (χ0n) is 15.5. The second kappa shape index (κ2) is 7.52. The molecular formula is C20H25N5O2. The Hall–Kier alpha value is -2.67. The molecule has 2 aliphatic rings. The van der Waals surface area contributed by atoms with E-state index in [1.165, 1.54) is 12.8 Å². The Kier molecular flexibility index (Phi) is 4.94. The van der Waals surface area contributed by atoms with Crippen LogP contribution in [0.2, 0.25) is 0 Å². The van der Waals surface area contributed by atoms with E-state index in [0.717, 1.165) is 41.9 Å². The number of aliphatic hydroxyl groups is 1. The standard InChI is InChI=1S/C20H25N5O2/c1-24-17-12-21-20(22-15-8-6-14(7-9-15)10-11-26)23-19(17)25(18(24)13-27)16-4-2-3-5-16/h6-9,12-13,16,18,26H,2-5,10-11H2,1H3,(H,21,22,23). The van der Waals surface area contributed by atoms with E-state index in [1.807, 2.05) is 36.2 Å². The van der Waals surface area contributed by atoms with Gasteiger partial charge in [-0.15, -0.1) is 0 Å². The number of fused-ring (bicyclic) bond motifs is 1. The number of hydrogen-bond donors (Lipinski definition) is 2. The highest BCUT2D eigenvalue weighted by Gasteiger charge is 2.40. The summed E-state index contributed by atoms with van der Waals surface area (Å²) in [5.41, 5.74) is 2.87. The number of carbonyl (C=O) groups excluding carboxylic acids is 1. The Labute approximate surface area is 159 Å². The average Bonchev–Trinajstić information content (AvgIpc) is 3.30. The van der Waals surface area contributed by atoms with E-state index in [-0.39, 0.29) is 12.8 Å². The van der Waals surface area contributed by atoms with Crippen molar-refractivity contribution in [3.8, 4) is 0 Å². The van der Waals surface area contributed by atoms with Gasteiger partial charge in [-0.2, -0.15) is 4.98 Å². The molecule has 1 atom stereocenters. The molecule has 0 amide bonds. The first kappa shape index (κ1) is 17.7. The van der Waals surface area contributed by atoms with E-state index >= 15 is 0 Å². The summed E-state index contributed by atoms with van der Waals surface area (Å²) in [5.74, 6) is 1.35. The van der Waals surface area contributed by atoms with Crippen molar-refractivity contribution in [3.05, 3.63) is 36.0 Å². The summed E-state index contributed by atoms with van der Waals surface area (Å²) in [6.45, 7) is 0.142. The molecule has 0 saturated heterocycles. The van der Waals surface area contributed by atoms with Gasteiger partial charge in [-0.25, -0.2) is 4.98 Å². The van der Waals surface area contributed by atoms with Gasteiger partial charge < -0.3 is 20.2 Å². The quantitative estimate of drug-likeness (QED) is 0.759. The average molecular weight is 367 g/mol. The smallest absolute Gasteiger partial charge is 0.229 e. The second-order valence-electron chi connectivity index (χ2n) is 7.20. The molecule has 1 unspecified atom stereocenters. The van der Waals surface area contributed by atoms with Crippen molar-refractivity contribution in [2.24, 2.45) is 0 Å². The van der Waals surface area contributed by atoms with Crippen molar-refractivity contribution in [1.82, 2.24) is 9.97 Å². The molecule has 7 heteroatoms. The lowest BCUT2D eigenvalue weighted by atomic mass is 10.1. The van der Waals surface area contributed by atoms with Gasteiger partial charge in [0.15, 0.2) is 18.3 Å². The fourth-order valence-corrected chi connectivity index (χ4v) is 4.06. The molecule has 1 saturated carbocycles. The van der Waals surface area contributed by atoms with E-state index in [1.54, 1.807) is 6.20 Å². The van der Waals surface area contributed by atoms with Crippen LogP contribution in [0.3, 0.4) is 0 Å². The molecule has 1 fully saturated rings. The molecule has 0 spiro atoms. The topological polar surface area (TPSA) is 81.6 Å². The molecule has 0 bridgehead atoms. The summed E-state index contributed by atoms with van der Waals surface area (Å²) in [5, 5.41) is 12.3. The fourth-order valence-electron chi connectivity index (χ4n) is 4.06. The molecule has 142 valence electrons. The van der Waals surface area contributed by atoms with E-state index in [4.69, 9.17) is 10.1 Å². The zero-order chi connectivity index (χ0) is 18.8. The summed E-state index contributed by atoms with van der Waals surface area (Å²) >= 11 is 0. The first-order valence-corrected chi connectivity index (χ1v) is 9.51. The lowest BCUT2D eigenvalue weighted by Crippen LogP contribution is -2.47. The molecular weight excluding hydrogens is 342 g/mol. The molecule has 0 radical (unpaired) electrons. The van der Waals surface area contributed by atoms with Crippen LogP contribution in [0.15, 0.2) is 30.5 Å². The first-order valence-electron chi connectivity index (χ1n) is 9.51. The van der Waals surface area contributed by atoms with E-state index < -0.39 is 0 Å². The highest BCUT2D eigenvalue weighted by molar-refractivity contribution is 5.84. The Balaban J connectivity index is 1.60. The maximum Gasteiger partial charge on any atom is 0.229 e. The minimum Gasteiger partial charge on any atom is -0.396 e. The number of anilines is 4. The van der Waals surface area contributed by atoms with Gasteiger partial charge in [0.2, 0.25) is 5.95 Å². The van der Waals surface area contributed by atoms with Crippen LogP contribution in [0.25, 0.3) is 0 Å². The Morgan fingerprint density at radius 2 is 2.00 bits per heavy atom. The molecule has 1 aromatic heterocycles. The van der Waals surface area contributed by atoms with Crippen molar-refractivity contribution in [1.29, 1.82) is 0 Å². The predicted molar refractivity (Wildman–Crippen MR) is 106 cm³/mol. The zero-order valence-corrected chi connectivity index (χ0v) is 15.5. The Bertz CT molecular complexity index is 805. The number of nitrogens with zero attached hydrogens (tertiary/aromatic N) is 4. The van der Waals surface area contributed by atoms with Crippen molar-refractivity contribution in [2.75, 3.05) is 28.8 Å². The van der Waals surface area contributed by atoms with Crippen molar-refractivity contribution in [2.45, 2.75) is 44.3 Å². The minimum atomic E-state index is -0.314. The number of benzene rings is 1. The van der Waals surface area contributed by atoms with Crippen molar-refractivity contribution >= 4 is 29.4 Å². The maximum atomic E-state index is 11.7. The van der Waals surface area contributed by atoms with Gasteiger partial charge in [0.25, 0.3) is 0 Å². The van der Waals surface area contributed by atoms with Crippen LogP contribution in [0.5, 0.6) is 0 Å². The number of nitrogens with one attached hydrogen (secondary N) is 1. The summed E-state index contributed by atoms with van der Waals surface area (Å²) in [4.78, 5) is 25.0. The van der Waals surface area contributed by atoms with Gasteiger partial charge >= 0.3 is 0 Å². The number of hydrogen-bond acceptors (Lipinski definition) is 7. The highest BCUT2D eigenvalue weighted by atomic mass is 16.3. The molecule has 1 aliphatic heterocycles. The highest BCUT2D eigenvalue weighted by Crippen LogP contribution is 2.41. The second-order valence-corrected chi connectivity index (χ2v) is 7.20. The molecule has 2 heterocycles. The normalized spacial score (nSPS) is 19.4. The SMILES string of the molecule is CN1c2cnc(Nc3ccc(CCO)cc3)nc2N(C2CCCC2)C1C=O. The van der Waals surface area contributed by atoms with E-state index in [2.05, 4.69) is 15.2 Å². The Morgan fingerprint density at radius 3 is 2.67 bits per heavy atom. The third-order valence-corrected chi connectivity index (χ3v) is 5.51. The molecule has 4 rings (SSSR count). The van der Waals surface area contributed by atoms with Gasteiger partial charge in [-0.05, 0) is 37.0 Å². The van der Waals surface area contributed by atoms with Crippen LogP contribution in [0.4, 0.5) is 23.1 Å². The van der Waals surface area contributed by atoms with Crippen LogP contribution < -0.4 is 15.1 Å². The number of carbonyl (C=O) groups is 1. The predicted octanol–water partition coefficient (Wildman–Crippen LogP) is 2.48. The summed E-state index contributed by atoms with van der Waals surface area (Å²) < 4.78 is 0. The first-order chi connectivity index (χ1) is 13.2. The molecule has 2 aromatic rings. The van der Waals surface area contributed by atoms with Crippen LogP contribution >= 0.6 is 0 Å². The van der Waals surface area contributed by atoms with Crippen molar-refractivity contribution in [3.63, 3.8) is 0 Å². The number of likely N-dealkylation sites (N-methyl/N-ethyl adjacent to an activating group) is 1. The van der Waals surface area contributed by atoms with Crippen molar-refractivity contribution < 1.29 is 9.90 Å². The minimum absolute atomic E-state index is 0.142. The van der Waals surface area contributed by atoms with Gasteiger partial charge in [0.1, 0.15) is 5.69 Å². The number of aldehydes is 1. The lowest BCUT2D eigenvalue weighted by molar-refractivity contribution is -0.108. The van der Waals surface area contributed by atoms with Gasteiger partial charge in [0, 0.05) is 25.4 Å². The number of aliphatic hydroxyl groups excluding tert-OH is 1. The van der Waals surface area contributed by atoms with Gasteiger partial charge in [-0.3, -0.25) is 4.79 Å². The molecule has 1 aromatic carbocycles. The molecule has 7 nitrogen and oxygen atoms in total. The molecule has 2 N–H and O–H groups in total. The maximum absolute atomic E-state index is 11.7. The largest absolute Gasteiger partial charge is 0.396 e. The van der Waals surface area contributed by atoms with Crippen LogP contribution in [-0.2, 0) is 11.2 Å². The lowest BCUT2D eigenvalue weighted by Gasteiger charge is -2.30. The number of rotatable bonds is 6. The van der Waals surface area contributed by atoms with Gasteiger partial charge in [-0.1, -0.05) is 25.0 Å². The summed E-state index contributed by atoms with van der Waals surface area (Å²) in [6.07, 6.45) is 7.69.